The van der Waals surface area contributed by atoms with Gasteiger partial charge in [-0.25, -0.2) is 0 Å². The normalized spacial score (nSPS) is 10.8. The number of halogens is 2. The topological polar surface area (TPSA) is 99.0 Å². The number of carbonyl (C=O) groups is 2. The molecule has 0 heterocycles. The van der Waals surface area contributed by atoms with Crippen LogP contribution in [-0.4, -0.2) is 16.8 Å². The van der Waals surface area contributed by atoms with Gasteiger partial charge in [-0.3, -0.25) is 19.7 Å². The Morgan fingerprint density at radius 3 is 2.33 bits per heavy atom. The zero-order chi connectivity index (χ0) is 26.6. The molecule has 0 aromatic heterocycles. The van der Waals surface area contributed by atoms with Gasteiger partial charge in [0.05, 0.1) is 27.6 Å². The molecule has 0 radical (unpaired) electrons. The molecule has 0 aliphatic carbocycles. The van der Waals surface area contributed by atoms with Crippen molar-refractivity contribution >= 4 is 46.5 Å². The van der Waals surface area contributed by atoms with Crippen molar-refractivity contribution < 1.29 is 24.0 Å². The summed E-state index contributed by atoms with van der Waals surface area (Å²) in [5.74, 6) is -0.881. The van der Waals surface area contributed by atoms with E-state index in [1.165, 1.54) is 36.1 Å². The van der Waals surface area contributed by atoms with E-state index in [9.17, 15) is 19.7 Å². The lowest BCUT2D eigenvalue weighted by Gasteiger charge is -2.25. The molecule has 188 valence electrons. The van der Waals surface area contributed by atoms with Crippen LogP contribution in [0, 0.1) is 23.0 Å². The molecule has 0 saturated heterocycles. The van der Waals surface area contributed by atoms with Crippen LogP contribution in [0.3, 0.4) is 0 Å². The Kier molecular flexibility index (Phi) is 8.55. The minimum absolute atomic E-state index is 0.0492. The van der Waals surface area contributed by atoms with Crippen LogP contribution >= 0.6 is 23.2 Å². The fraction of sp³-hybridized carbons (Fsp3) is 0.231. The van der Waals surface area contributed by atoms with Crippen molar-refractivity contribution in [3.63, 3.8) is 0 Å². The molecular formula is C26H24Cl2N2O6. The molecule has 10 heteroatoms. The highest BCUT2D eigenvalue weighted by atomic mass is 35.5. The van der Waals surface area contributed by atoms with Gasteiger partial charge in [0.1, 0.15) is 17.2 Å². The highest BCUT2D eigenvalue weighted by Crippen LogP contribution is 2.44. The lowest BCUT2D eigenvalue weighted by molar-refractivity contribution is -0.384. The molecule has 36 heavy (non-hydrogen) atoms. The number of hydrogen-bond donors (Lipinski definition) is 0. The van der Waals surface area contributed by atoms with Crippen LogP contribution in [0.25, 0.3) is 0 Å². The second-order valence-electron chi connectivity index (χ2n) is 8.29. The van der Waals surface area contributed by atoms with Crippen molar-refractivity contribution in [3.05, 3.63) is 85.9 Å². The van der Waals surface area contributed by atoms with Gasteiger partial charge < -0.3 is 14.4 Å². The fourth-order valence-electron chi connectivity index (χ4n) is 3.45. The van der Waals surface area contributed by atoms with E-state index in [0.29, 0.717) is 5.56 Å². The lowest BCUT2D eigenvalue weighted by atomic mass is 10.1. The molecule has 0 saturated carbocycles. The van der Waals surface area contributed by atoms with Gasteiger partial charge in [-0.15, -0.1) is 0 Å². The van der Waals surface area contributed by atoms with Crippen LogP contribution in [0.5, 0.6) is 17.2 Å². The molecule has 0 unspecified atom stereocenters. The van der Waals surface area contributed by atoms with Gasteiger partial charge in [-0.1, -0.05) is 67.4 Å². The second-order valence-corrected chi connectivity index (χ2v) is 9.08. The number of esters is 1. The van der Waals surface area contributed by atoms with E-state index in [0.717, 1.165) is 5.56 Å². The number of carbonyl (C=O) groups excluding carboxylic acids is 2. The van der Waals surface area contributed by atoms with Crippen molar-refractivity contribution in [2.75, 3.05) is 4.90 Å². The van der Waals surface area contributed by atoms with Gasteiger partial charge >= 0.3 is 5.97 Å². The molecule has 3 aromatic rings. The predicted octanol–water partition coefficient (Wildman–Crippen LogP) is 7.12. The SMILES string of the molecule is CC(=O)Oc1cc(Cl)c(Oc2ccc(N(Cc3ccccc3)C(=O)C(C)C)c([N+](=O)[O-])c2)c(Cl)c1C. The second kappa shape index (κ2) is 11.4. The molecule has 0 fully saturated rings. The van der Waals surface area contributed by atoms with Gasteiger partial charge in [0.25, 0.3) is 5.69 Å². The number of amides is 1. The monoisotopic (exact) mass is 530 g/mol. The molecule has 0 bridgehead atoms. The van der Waals surface area contributed by atoms with E-state index in [1.54, 1.807) is 20.8 Å². The van der Waals surface area contributed by atoms with Crippen LogP contribution in [0.15, 0.2) is 54.6 Å². The van der Waals surface area contributed by atoms with Crippen molar-refractivity contribution in [1.29, 1.82) is 0 Å². The van der Waals surface area contributed by atoms with E-state index in [2.05, 4.69) is 0 Å². The Balaban J connectivity index is 2.03. The third-order valence-electron chi connectivity index (χ3n) is 5.22. The molecule has 8 nitrogen and oxygen atoms in total. The van der Waals surface area contributed by atoms with Gasteiger partial charge in [0.2, 0.25) is 5.91 Å². The minimum atomic E-state index is -0.577. The van der Waals surface area contributed by atoms with Gasteiger partial charge in [0.15, 0.2) is 5.75 Å². The average Bonchev–Trinajstić information content (AvgIpc) is 2.83. The number of nitrogens with zero attached hydrogens (tertiary/aromatic N) is 2. The molecule has 3 rings (SSSR count). The molecule has 0 spiro atoms. The summed E-state index contributed by atoms with van der Waals surface area (Å²) in [5.41, 5.74) is 1.04. The first-order chi connectivity index (χ1) is 17.0. The molecule has 1 amide bonds. The first-order valence-electron chi connectivity index (χ1n) is 11.0. The Morgan fingerprint density at radius 2 is 1.75 bits per heavy atom. The lowest BCUT2D eigenvalue weighted by Crippen LogP contribution is -2.34. The highest BCUT2D eigenvalue weighted by molar-refractivity contribution is 6.38. The number of rotatable bonds is 8. The van der Waals surface area contributed by atoms with Crippen LogP contribution < -0.4 is 14.4 Å². The summed E-state index contributed by atoms with van der Waals surface area (Å²) in [6.07, 6.45) is 0. The van der Waals surface area contributed by atoms with Gasteiger partial charge in [-0.05, 0) is 24.6 Å². The van der Waals surface area contributed by atoms with Gasteiger partial charge in [-0.2, -0.15) is 0 Å². The summed E-state index contributed by atoms with van der Waals surface area (Å²) in [6, 6.07) is 14.7. The quantitative estimate of drug-likeness (QED) is 0.133. The van der Waals surface area contributed by atoms with Crippen molar-refractivity contribution in [1.82, 2.24) is 0 Å². The first-order valence-corrected chi connectivity index (χ1v) is 11.7. The van der Waals surface area contributed by atoms with Crippen LogP contribution in [0.4, 0.5) is 11.4 Å². The van der Waals surface area contributed by atoms with Crippen molar-refractivity contribution in [3.8, 4) is 17.2 Å². The summed E-state index contributed by atoms with van der Waals surface area (Å²) >= 11 is 12.7. The summed E-state index contributed by atoms with van der Waals surface area (Å²) in [6.45, 7) is 6.49. The smallest absolute Gasteiger partial charge is 0.308 e. The number of anilines is 1. The molecule has 0 atom stereocenters. The third-order valence-corrected chi connectivity index (χ3v) is 5.96. The van der Waals surface area contributed by atoms with E-state index < -0.39 is 10.9 Å². The Morgan fingerprint density at radius 1 is 1.08 bits per heavy atom. The third kappa shape index (κ3) is 6.13. The molecule has 3 aromatic carbocycles. The van der Waals surface area contributed by atoms with Gasteiger partial charge in [0, 0.05) is 24.5 Å². The summed E-state index contributed by atoms with van der Waals surface area (Å²) in [7, 11) is 0. The molecule has 0 aliphatic rings. The number of hydrogen-bond acceptors (Lipinski definition) is 6. The van der Waals surface area contributed by atoms with E-state index >= 15 is 0 Å². The zero-order valence-electron chi connectivity index (χ0n) is 20.1. The van der Waals surface area contributed by atoms with E-state index in [-0.39, 0.29) is 57.0 Å². The van der Waals surface area contributed by atoms with Crippen molar-refractivity contribution in [2.45, 2.75) is 34.2 Å². The number of ether oxygens (including phenoxy) is 2. The Hall–Kier alpha value is -3.62. The zero-order valence-corrected chi connectivity index (χ0v) is 21.6. The number of nitro benzene ring substituents is 1. The highest BCUT2D eigenvalue weighted by Gasteiger charge is 2.28. The maximum Gasteiger partial charge on any atom is 0.308 e. The maximum atomic E-state index is 13.0. The number of benzene rings is 3. The minimum Gasteiger partial charge on any atom is -0.454 e. The molecule has 0 aliphatic heterocycles. The first kappa shape index (κ1) is 27.0. The Bertz CT molecular complexity index is 1310. The molecule has 0 N–H and O–H groups in total. The predicted molar refractivity (Wildman–Crippen MR) is 138 cm³/mol. The van der Waals surface area contributed by atoms with E-state index in [4.69, 9.17) is 32.7 Å². The van der Waals surface area contributed by atoms with Crippen LogP contribution in [0.1, 0.15) is 31.9 Å². The standard InChI is InChI=1S/C26H24Cl2N2O6/c1-15(2)26(32)29(14-18-8-6-5-7-9-18)21-11-10-19(12-22(21)30(33)34)36-25-20(27)13-23(35-17(4)31)16(3)24(25)28/h5-13,15H,14H2,1-4H3. The number of nitro groups is 1. The van der Waals surface area contributed by atoms with E-state index in [1.807, 2.05) is 30.3 Å². The largest absolute Gasteiger partial charge is 0.454 e. The average molecular weight is 531 g/mol. The van der Waals surface area contributed by atoms with Crippen LogP contribution in [0.2, 0.25) is 10.0 Å². The summed E-state index contributed by atoms with van der Waals surface area (Å²) in [5, 5.41) is 12.2. The molecular weight excluding hydrogens is 507 g/mol. The van der Waals surface area contributed by atoms with Crippen molar-refractivity contribution in [2.24, 2.45) is 5.92 Å². The maximum absolute atomic E-state index is 13.0. The fourth-order valence-corrected chi connectivity index (χ4v) is 3.96. The Labute approximate surface area is 218 Å². The van der Waals surface area contributed by atoms with Crippen LogP contribution in [-0.2, 0) is 16.1 Å². The summed E-state index contributed by atoms with van der Waals surface area (Å²) in [4.78, 5) is 37.2. The summed E-state index contributed by atoms with van der Waals surface area (Å²) < 4.78 is 10.9.